The molecule has 0 aromatic carbocycles. The zero-order chi connectivity index (χ0) is 13.1. The number of nitrogens with one attached hydrogen (secondary N) is 1. The number of rotatable bonds is 5. The number of aromatic nitrogens is 1. The first-order valence-corrected chi connectivity index (χ1v) is 6.24. The van der Waals surface area contributed by atoms with E-state index in [1.54, 1.807) is 7.05 Å². The van der Waals surface area contributed by atoms with Crippen LogP contribution in [0.15, 0.2) is 23.2 Å². The zero-order valence-corrected chi connectivity index (χ0v) is 10.4. The molecule has 0 aliphatic rings. The molecule has 0 aliphatic heterocycles. The number of carbonyl (C=O) groups excluding carboxylic acids is 1. The monoisotopic (exact) mass is 258 g/mol. The Morgan fingerprint density at radius 1 is 1.53 bits per heavy atom. The number of hydrogen-bond donors (Lipinski definition) is 2. The van der Waals surface area contributed by atoms with Crippen LogP contribution in [0.5, 0.6) is 0 Å². The highest BCUT2D eigenvalue weighted by molar-refractivity contribution is 7.89. The first-order chi connectivity index (χ1) is 7.86. The molecule has 0 fully saturated rings. The average molecular weight is 258 g/mol. The van der Waals surface area contributed by atoms with E-state index >= 15 is 0 Å². The summed E-state index contributed by atoms with van der Waals surface area (Å²) in [7, 11) is -0.526. The van der Waals surface area contributed by atoms with Gasteiger partial charge in [0.2, 0.25) is 15.9 Å². The molecule has 17 heavy (non-hydrogen) atoms. The predicted octanol–water partition coefficient (Wildman–Crippen LogP) is -1.09. The maximum atomic E-state index is 11.4. The van der Waals surface area contributed by atoms with Crippen molar-refractivity contribution >= 4 is 21.7 Å². The highest BCUT2D eigenvalue weighted by atomic mass is 32.2. The van der Waals surface area contributed by atoms with Gasteiger partial charge in [-0.2, -0.15) is 0 Å². The Hall–Kier alpha value is -1.67. The van der Waals surface area contributed by atoms with Crippen LogP contribution in [-0.2, 0) is 14.8 Å². The summed E-state index contributed by atoms with van der Waals surface area (Å²) in [6, 6.07) is 2.92. The van der Waals surface area contributed by atoms with Gasteiger partial charge in [-0.1, -0.05) is 0 Å². The fourth-order valence-electron chi connectivity index (χ4n) is 1.19. The minimum atomic E-state index is -3.49. The number of anilines is 1. The highest BCUT2D eigenvalue weighted by Gasteiger charge is 2.12. The molecular formula is C9H14N4O3S. The minimum Gasteiger partial charge on any atom is -0.368 e. The van der Waals surface area contributed by atoms with Crippen LogP contribution in [0.1, 0.15) is 0 Å². The molecule has 1 heterocycles. The molecule has 1 amide bonds. The van der Waals surface area contributed by atoms with E-state index in [2.05, 4.69) is 9.71 Å². The second kappa shape index (κ2) is 5.11. The van der Waals surface area contributed by atoms with Crippen LogP contribution in [0.4, 0.5) is 5.82 Å². The second-order valence-electron chi connectivity index (χ2n) is 3.38. The standard InChI is InChI=1S/C9H14N4O3S/c1-11-17(15,16)7-3-4-9(12-5-7)13(2)6-8(10)14/h3-5,11H,6H2,1-2H3,(H2,10,14). The molecule has 0 saturated heterocycles. The van der Waals surface area contributed by atoms with E-state index in [1.165, 1.54) is 30.3 Å². The lowest BCUT2D eigenvalue weighted by Gasteiger charge is -2.15. The molecule has 1 aromatic rings. The number of primary amides is 1. The quantitative estimate of drug-likeness (QED) is 0.698. The van der Waals surface area contributed by atoms with Crippen LogP contribution in [0.25, 0.3) is 0 Å². The molecule has 8 heteroatoms. The summed E-state index contributed by atoms with van der Waals surface area (Å²) in [4.78, 5) is 16.2. The highest BCUT2D eigenvalue weighted by Crippen LogP contribution is 2.12. The van der Waals surface area contributed by atoms with Gasteiger partial charge in [-0.25, -0.2) is 18.1 Å². The maximum Gasteiger partial charge on any atom is 0.241 e. The number of amides is 1. The van der Waals surface area contributed by atoms with Gasteiger partial charge in [-0.15, -0.1) is 0 Å². The molecule has 0 bridgehead atoms. The van der Waals surface area contributed by atoms with E-state index in [9.17, 15) is 13.2 Å². The number of carbonyl (C=O) groups is 1. The van der Waals surface area contributed by atoms with Crippen molar-refractivity contribution in [3.63, 3.8) is 0 Å². The van der Waals surface area contributed by atoms with Crippen LogP contribution in [-0.4, -0.2) is 39.9 Å². The number of nitrogens with two attached hydrogens (primary N) is 1. The van der Waals surface area contributed by atoms with Crippen LogP contribution in [0.2, 0.25) is 0 Å². The predicted molar refractivity (Wildman–Crippen MR) is 62.9 cm³/mol. The van der Waals surface area contributed by atoms with Crippen molar-refractivity contribution in [3.05, 3.63) is 18.3 Å². The van der Waals surface area contributed by atoms with Gasteiger partial charge >= 0.3 is 0 Å². The summed E-state index contributed by atoms with van der Waals surface area (Å²) in [6.45, 7) is 0.0190. The normalized spacial score (nSPS) is 11.2. The summed E-state index contributed by atoms with van der Waals surface area (Å²) in [5, 5.41) is 0. The summed E-state index contributed by atoms with van der Waals surface area (Å²) < 4.78 is 25.0. The van der Waals surface area contributed by atoms with Gasteiger partial charge < -0.3 is 10.6 Å². The van der Waals surface area contributed by atoms with Crippen LogP contribution in [0, 0.1) is 0 Å². The molecular weight excluding hydrogens is 244 g/mol. The second-order valence-corrected chi connectivity index (χ2v) is 5.27. The molecule has 3 N–H and O–H groups in total. The molecule has 7 nitrogen and oxygen atoms in total. The Bertz CT molecular complexity index is 497. The van der Waals surface area contributed by atoms with E-state index in [4.69, 9.17) is 5.73 Å². The SMILES string of the molecule is CNS(=O)(=O)c1ccc(N(C)CC(N)=O)nc1. The third-order valence-corrected chi connectivity index (χ3v) is 3.48. The smallest absolute Gasteiger partial charge is 0.241 e. The summed E-state index contributed by atoms with van der Waals surface area (Å²) in [5.41, 5.74) is 5.04. The fourth-order valence-corrected chi connectivity index (χ4v) is 1.86. The molecule has 1 aromatic heterocycles. The van der Waals surface area contributed by atoms with Gasteiger partial charge in [-0.3, -0.25) is 4.79 Å². The maximum absolute atomic E-state index is 11.4. The molecule has 1 rings (SSSR count). The summed E-state index contributed by atoms with van der Waals surface area (Å²) in [5.74, 6) is -0.0138. The molecule has 0 unspecified atom stereocenters. The van der Waals surface area contributed by atoms with E-state index < -0.39 is 15.9 Å². The summed E-state index contributed by atoms with van der Waals surface area (Å²) >= 11 is 0. The van der Waals surface area contributed by atoms with Crippen molar-refractivity contribution < 1.29 is 13.2 Å². The first kappa shape index (κ1) is 13.4. The van der Waals surface area contributed by atoms with Crippen LogP contribution >= 0.6 is 0 Å². The Labute approximate surface area is 99.7 Å². The number of hydrogen-bond acceptors (Lipinski definition) is 5. The number of pyridine rings is 1. The topological polar surface area (TPSA) is 105 Å². The van der Waals surface area contributed by atoms with Crippen molar-refractivity contribution in [2.75, 3.05) is 25.5 Å². The fraction of sp³-hybridized carbons (Fsp3) is 0.333. The van der Waals surface area contributed by atoms with Gasteiger partial charge in [-0.05, 0) is 19.2 Å². The van der Waals surface area contributed by atoms with Crippen molar-refractivity contribution in [2.24, 2.45) is 5.73 Å². The zero-order valence-electron chi connectivity index (χ0n) is 9.54. The summed E-state index contributed by atoms with van der Waals surface area (Å²) in [6.07, 6.45) is 1.22. The lowest BCUT2D eigenvalue weighted by atomic mass is 10.4. The molecule has 0 aliphatic carbocycles. The number of sulfonamides is 1. The van der Waals surface area contributed by atoms with Gasteiger partial charge in [0.15, 0.2) is 0 Å². The molecule has 0 atom stereocenters. The third-order valence-electron chi connectivity index (χ3n) is 2.08. The van der Waals surface area contributed by atoms with Gasteiger partial charge in [0.05, 0.1) is 6.54 Å². The Morgan fingerprint density at radius 3 is 2.59 bits per heavy atom. The number of likely N-dealkylation sites (N-methyl/N-ethyl adjacent to an activating group) is 1. The minimum absolute atomic E-state index is 0.0190. The molecule has 0 saturated carbocycles. The van der Waals surface area contributed by atoms with Crippen molar-refractivity contribution in [3.8, 4) is 0 Å². The van der Waals surface area contributed by atoms with Gasteiger partial charge in [0, 0.05) is 13.2 Å². The van der Waals surface area contributed by atoms with E-state index in [0.29, 0.717) is 5.82 Å². The van der Waals surface area contributed by atoms with Crippen LogP contribution in [0.3, 0.4) is 0 Å². The lowest BCUT2D eigenvalue weighted by molar-refractivity contribution is -0.116. The van der Waals surface area contributed by atoms with E-state index in [-0.39, 0.29) is 11.4 Å². The molecule has 0 spiro atoms. The van der Waals surface area contributed by atoms with Gasteiger partial charge in [0.1, 0.15) is 10.7 Å². The van der Waals surface area contributed by atoms with Crippen molar-refractivity contribution in [1.29, 1.82) is 0 Å². The largest absolute Gasteiger partial charge is 0.368 e. The number of nitrogens with zero attached hydrogens (tertiary/aromatic N) is 2. The van der Waals surface area contributed by atoms with E-state index in [1.807, 2.05) is 0 Å². The Balaban J connectivity index is 2.92. The lowest BCUT2D eigenvalue weighted by Crippen LogP contribution is -2.31. The molecule has 94 valence electrons. The van der Waals surface area contributed by atoms with Crippen LogP contribution < -0.4 is 15.4 Å². The molecule has 0 radical (unpaired) electrons. The average Bonchev–Trinajstić information content (AvgIpc) is 2.28. The van der Waals surface area contributed by atoms with E-state index in [0.717, 1.165) is 0 Å². The van der Waals surface area contributed by atoms with Gasteiger partial charge in [0.25, 0.3) is 0 Å². The first-order valence-electron chi connectivity index (χ1n) is 4.76. The van der Waals surface area contributed by atoms with Crippen molar-refractivity contribution in [1.82, 2.24) is 9.71 Å². The van der Waals surface area contributed by atoms with Crippen molar-refractivity contribution in [2.45, 2.75) is 4.90 Å². The Kier molecular flexibility index (Phi) is 4.02. The Morgan fingerprint density at radius 2 is 2.18 bits per heavy atom. The third kappa shape index (κ3) is 3.40.